The Kier molecular flexibility index (Phi) is 4.87. The average molecular weight is 286 g/mol. The van der Waals surface area contributed by atoms with Gasteiger partial charge in [-0.15, -0.1) is 0 Å². The first-order chi connectivity index (χ1) is 10.1. The van der Waals surface area contributed by atoms with Gasteiger partial charge in [0.05, 0.1) is 0 Å². The number of fused-ring (bicyclic) bond motifs is 1. The summed E-state index contributed by atoms with van der Waals surface area (Å²) in [7, 11) is 0. The molecule has 0 aliphatic rings. The molecular formula is C16H18N2O3. The Morgan fingerprint density at radius 1 is 1.33 bits per heavy atom. The van der Waals surface area contributed by atoms with Gasteiger partial charge in [-0.25, -0.2) is 4.79 Å². The van der Waals surface area contributed by atoms with Gasteiger partial charge < -0.3 is 10.4 Å². The van der Waals surface area contributed by atoms with E-state index in [0.29, 0.717) is 12.0 Å². The Labute approximate surface area is 123 Å². The third kappa shape index (κ3) is 3.56. The van der Waals surface area contributed by atoms with Crippen LogP contribution in [0.1, 0.15) is 36.5 Å². The molecule has 1 aromatic heterocycles. The van der Waals surface area contributed by atoms with Gasteiger partial charge in [0.1, 0.15) is 6.04 Å². The first-order valence-electron chi connectivity index (χ1n) is 7.00. The van der Waals surface area contributed by atoms with E-state index in [4.69, 9.17) is 0 Å². The molecule has 0 radical (unpaired) electrons. The summed E-state index contributed by atoms with van der Waals surface area (Å²) in [5.74, 6) is -1.37. The van der Waals surface area contributed by atoms with Gasteiger partial charge >= 0.3 is 5.97 Å². The van der Waals surface area contributed by atoms with Crippen molar-refractivity contribution in [1.29, 1.82) is 0 Å². The molecule has 0 saturated heterocycles. The minimum absolute atomic E-state index is 0.365. The maximum atomic E-state index is 12.3. The van der Waals surface area contributed by atoms with Crippen molar-refractivity contribution in [2.75, 3.05) is 0 Å². The fourth-order valence-electron chi connectivity index (χ4n) is 2.22. The molecule has 0 saturated carbocycles. The number of hydrogen-bond donors (Lipinski definition) is 2. The molecule has 0 aliphatic carbocycles. The zero-order valence-corrected chi connectivity index (χ0v) is 11.9. The first-order valence-corrected chi connectivity index (χ1v) is 7.00. The summed E-state index contributed by atoms with van der Waals surface area (Å²) in [6.45, 7) is 1.98. The van der Waals surface area contributed by atoms with Gasteiger partial charge in [0.2, 0.25) is 0 Å². The van der Waals surface area contributed by atoms with Gasteiger partial charge in [-0.05, 0) is 23.9 Å². The molecule has 5 nitrogen and oxygen atoms in total. The topological polar surface area (TPSA) is 79.3 Å². The number of carboxylic acids is 1. The van der Waals surface area contributed by atoms with Crippen molar-refractivity contribution in [1.82, 2.24) is 10.3 Å². The van der Waals surface area contributed by atoms with Crippen LogP contribution in [0.4, 0.5) is 0 Å². The maximum absolute atomic E-state index is 12.3. The molecular weight excluding hydrogens is 268 g/mol. The number of aliphatic carboxylic acids is 1. The summed E-state index contributed by atoms with van der Waals surface area (Å²) in [4.78, 5) is 27.6. The number of carboxylic acid groups (broad SMARTS) is 1. The molecule has 2 N–H and O–H groups in total. The van der Waals surface area contributed by atoms with E-state index in [2.05, 4.69) is 10.3 Å². The SMILES string of the molecule is CCCCC(NC(=O)c1cccc2cnccc12)C(=O)O. The number of nitrogens with zero attached hydrogens (tertiary/aromatic N) is 1. The van der Waals surface area contributed by atoms with Gasteiger partial charge in [0.15, 0.2) is 0 Å². The highest BCUT2D eigenvalue weighted by Gasteiger charge is 2.20. The van der Waals surface area contributed by atoms with Gasteiger partial charge in [-0.1, -0.05) is 31.9 Å². The van der Waals surface area contributed by atoms with Crippen LogP contribution in [0.15, 0.2) is 36.7 Å². The number of hydrogen-bond acceptors (Lipinski definition) is 3. The predicted octanol–water partition coefficient (Wildman–Crippen LogP) is 2.61. The third-order valence-electron chi connectivity index (χ3n) is 3.38. The summed E-state index contributed by atoms with van der Waals surface area (Å²) in [6.07, 6.45) is 5.38. The molecule has 5 heteroatoms. The van der Waals surface area contributed by atoms with Crippen LogP contribution in [0, 0.1) is 0 Å². The number of carbonyl (C=O) groups is 2. The molecule has 0 fully saturated rings. The van der Waals surface area contributed by atoms with Crippen LogP contribution < -0.4 is 5.32 Å². The molecule has 21 heavy (non-hydrogen) atoms. The van der Waals surface area contributed by atoms with E-state index in [1.807, 2.05) is 13.0 Å². The van der Waals surface area contributed by atoms with Gasteiger partial charge in [0, 0.05) is 23.3 Å². The number of aromatic nitrogens is 1. The molecule has 1 unspecified atom stereocenters. The van der Waals surface area contributed by atoms with Crippen molar-refractivity contribution in [2.24, 2.45) is 0 Å². The highest BCUT2D eigenvalue weighted by molar-refractivity contribution is 6.07. The number of pyridine rings is 1. The third-order valence-corrected chi connectivity index (χ3v) is 3.38. The Morgan fingerprint density at radius 3 is 2.86 bits per heavy atom. The van der Waals surface area contributed by atoms with E-state index < -0.39 is 12.0 Å². The van der Waals surface area contributed by atoms with Crippen LogP contribution in [0.3, 0.4) is 0 Å². The first kappa shape index (κ1) is 15.0. The molecule has 2 aromatic rings. The average Bonchev–Trinajstić information content (AvgIpc) is 2.50. The lowest BCUT2D eigenvalue weighted by molar-refractivity contribution is -0.139. The van der Waals surface area contributed by atoms with Crippen molar-refractivity contribution >= 4 is 22.6 Å². The highest BCUT2D eigenvalue weighted by Crippen LogP contribution is 2.17. The Hall–Kier alpha value is -2.43. The number of amides is 1. The zero-order chi connectivity index (χ0) is 15.2. The second kappa shape index (κ2) is 6.83. The monoisotopic (exact) mass is 286 g/mol. The molecule has 1 amide bonds. The number of carbonyl (C=O) groups excluding carboxylic acids is 1. The molecule has 1 aromatic carbocycles. The second-order valence-electron chi connectivity index (χ2n) is 4.91. The molecule has 1 atom stereocenters. The Morgan fingerprint density at radius 2 is 2.14 bits per heavy atom. The van der Waals surface area contributed by atoms with Crippen molar-refractivity contribution in [2.45, 2.75) is 32.2 Å². The van der Waals surface area contributed by atoms with Crippen LogP contribution in [0.5, 0.6) is 0 Å². The van der Waals surface area contributed by atoms with E-state index >= 15 is 0 Å². The zero-order valence-electron chi connectivity index (χ0n) is 11.9. The standard InChI is InChI=1S/C16H18N2O3/c1-2-3-7-14(16(20)21)18-15(19)13-6-4-5-11-10-17-9-8-12(11)13/h4-6,8-10,14H,2-3,7H2,1H3,(H,18,19)(H,20,21). The van der Waals surface area contributed by atoms with Crippen LogP contribution in [0.25, 0.3) is 10.8 Å². The van der Waals surface area contributed by atoms with Crippen LogP contribution in [-0.4, -0.2) is 28.0 Å². The van der Waals surface area contributed by atoms with Gasteiger partial charge in [-0.2, -0.15) is 0 Å². The maximum Gasteiger partial charge on any atom is 0.326 e. The van der Waals surface area contributed by atoms with Crippen molar-refractivity contribution in [3.05, 3.63) is 42.2 Å². The minimum Gasteiger partial charge on any atom is -0.480 e. The number of benzene rings is 1. The lowest BCUT2D eigenvalue weighted by Gasteiger charge is -2.15. The summed E-state index contributed by atoms with van der Waals surface area (Å²) in [5, 5.41) is 13.4. The van der Waals surface area contributed by atoms with Crippen LogP contribution in [0.2, 0.25) is 0 Å². The summed E-state index contributed by atoms with van der Waals surface area (Å²) in [5.41, 5.74) is 0.470. The van der Waals surface area contributed by atoms with Gasteiger partial charge in [0.25, 0.3) is 5.91 Å². The Bertz CT molecular complexity index is 650. The summed E-state index contributed by atoms with van der Waals surface area (Å²) >= 11 is 0. The van der Waals surface area contributed by atoms with Crippen LogP contribution in [-0.2, 0) is 4.79 Å². The minimum atomic E-state index is -1.00. The van der Waals surface area contributed by atoms with E-state index in [1.165, 1.54) is 0 Å². The summed E-state index contributed by atoms with van der Waals surface area (Å²) in [6, 6.07) is 6.23. The molecule has 1 heterocycles. The van der Waals surface area contributed by atoms with E-state index in [9.17, 15) is 14.7 Å². The molecule has 110 valence electrons. The quantitative estimate of drug-likeness (QED) is 0.855. The summed E-state index contributed by atoms with van der Waals surface area (Å²) < 4.78 is 0. The number of unbranched alkanes of at least 4 members (excludes halogenated alkanes) is 1. The lowest BCUT2D eigenvalue weighted by atomic mass is 10.0. The van der Waals surface area contributed by atoms with E-state index in [-0.39, 0.29) is 5.91 Å². The van der Waals surface area contributed by atoms with E-state index in [1.54, 1.807) is 30.6 Å². The molecule has 0 bridgehead atoms. The van der Waals surface area contributed by atoms with Crippen molar-refractivity contribution < 1.29 is 14.7 Å². The highest BCUT2D eigenvalue weighted by atomic mass is 16.4. The van der Waals surface area contributed by atoms with E-state index in [0.717, 1.165) is 23.6 Å². The fourth-order valence-corrected chi connectivity index (χ4v) is 2.22. The number of rotatable bonds is 6. The predicted molar refractivity (Wildman–Crippen MR) is 80.2 cm³/mol. The second-order valence-corrected chi connectivity index (χ2v) is 4.91. The lowest BCUT2D eigenvalue weighted by Crippen LogP contribution is -2.40. The number of nitrogens with one attached hydrogen (secondary N) is 1. The fraction of sp³-hybridized carbons (Fsp3) is 0.312. The van der Waals surface area contributed by atoms with Gasteiger partial charge in [-0.3, -0.25) is 9.78 Å². The van der Waals surface area contributed by atoms with Crippen LogP contribution >= 0.6 is 0 Å². The molecule has 0 spiro atoms. The van der Waals surface area contributed by atoms with Crippen molar-refractivity contribution in [3.63, 3.8) is 0 Å². The molecule has 2 rings (SSSR count). The van der Waals surface area contributed by atoms with Crippen molar-refractivity contribution in [3.8, 4) is 0 Å². The Balaban J connectivity index is 2.23. The largest absolute Gasteiger partial charge is 0.480 e. The smallest absolute Gasteiger partial charge is 0.326 e. The normalized spacial score (nSPS) is 12.0. The molecule has 0 aliphatic heterocycles.